The van der Waals surface area contributed by atoms with Gasteiger partial charge in [-0.15, -0.1) is 0 Å². The molecule has 0 radical (unpaired) electrons. The molecular weight excluding hydrogens is 262 g/mol. The van der Waals surface area contributed by atoms with Gasteiger partial charge in [-0.1, -0.05) is 39.8 Å². The highest BCUT2D eigenvalue weighted by Gasteiger charge is 2.12. The van der Waals surface area contributed by atoms with Crippen molar-refractivity contribution in [2.75, 3.05) is 19.6 Å². The molecule has 0 bridgehead atoms. The van der Waals surface area contributed by atoms with Gasteiger partial charge in [0.25, 0.3) is 0 Å². The molecule has 1 aromatic heterocycles. The molecule has 1 aromatic rings. The molecule has 122 valence electrons. The molecule has 0 aromatic carbocycles. The maximum Gasteiger partial charge on any atom is 0.151 e. The second-order valence-corrected chi connectivity index (χ2v) is 6.71. The zero-order chi connectivity index (χ0) is 15.7. The van der Waals surface area contributed by atoms with E-state index < -0.39 is 0 Å². The molecule has 0 aliphatic rings. The van der Waals surface area contributed by atoms with Crippen LogP contribution in [-0.2, 0) is 13.1 Å². The highest BCUT2D eigenvalue weighted by atomic mass is 16.5. The predicted molar refractivity (Wildman–Crippen MR) is 88.1 cm³/mol. The predicted octanol–water partition coefficient (Wildman–Crippen LogP) is 3.68. The number of hydrogen-bond donors (Lipinski definition) is 1. The van der Waals surface area contributed by atoms with E-state index in [1.165, 1.54) is 12.8 Å². The number of nitrogens with zero attached hydrogens (tertiary/aromatic N) is 2. The third kappa shape index (κ3) is 8.22. The first-order chi connectivity index (χ1) is 10.0. The van der Waals surface area contributed by atoms with E-state index in [2.05, 4.69) is 56.1 Å². The lowest BCUT2D eigenvalue weighted by atomic mass is 10.1. The van der Waals surface area contributed by atoms with Gasteiger partial charge in [-0.05, 0) is 44.3 Å². The molecular formula is C17H33N3O. The zero-order valence-corrected chi connectivity index (χ0v) is 14.5. The Hall–Kier alpha value is -0.870. The van der Waals surface area contributed by atoms with E-state index in [-0.39, 0.29) is 0 Å². The van der Waals surface area contributed by atoms with Crippen LogP contribution in [0.4, 0.5) is 0 Å². The minimum Gasteiger partial charge on any atom is -0.360 e. The number of aromatic nitrogens is 1. The van der Waals surface area contributed by atoms with Crippen molar-refractivity contribution in [3.63, 3.8) is 0 Å². The second-order valence-electron chi connectivity index (χ2n) is 6.71. The van der Waals surface area contributed by atoms with Gasteiger partial charge >= 0.3 is 0 Å². The van der Waals surface area contributed by atoms with Crippen LogP contribution in [-0.4, -0.2) is 29.7 Å². The molecule has 0 saturated heterocycles. The fraction of sp³-hybridized carbons (Fsp3) is 0.824. The summed E-state index contributed by atoms with van der Waals surface area (Å²) in [5, 5.41) is 7.41. The summed E-state index contributed by atoms with van der Waals surface area (Å²) in [5.74, 6) is 2.46. The van der Waals surface area contributed by atoms with Gasteiger partial charge in [0.15, 0.2) is 5.76 Å². The summed E-state index contributed by atoms with van der Waals surface area (Å²) in [5.41, 5.74) is 1.000. The number of rotatable bonds is 11. The van der Waals surface area contributed by atoms with Crippen LogP contribution in [0.5, 0.6) is 0 Å². The maximum absolute atomic E-state index is 5.47. The van der Waals surface area contributed by atoms with Gasteiger partial charge in [0.05, 0.1) is 12.2 Å². The Morgan fingerprint density at radius 2 is 1.76 bits per heavy atom. The summed E-state index contributed by atoms with van der Waals surface area (Å²) in [6, 6.07) is 2.08. The lowest BCUT2D eigenvalue weighted by Gasteiger charge is -2.22. The molecule has 1 N–H and O–H groups in total. The van der Waals surface area contributed by atoms with Crippen molar-refractivity contribution in [3.05, 3.63) is 17.5 Å². The Bertz CT molecular complexity index is 362. The lowest BCUT2D eigenvalue weighted by Crippen LogP contribution is -2.27. The van der Waals surface area contributed by atoms with Crippen molar-refractivity contribution >= 4 is 0 Å². The molecule has 0 aliphatic carbocycles. The van der Waals surface area contributed by atoms with Gasteiger partial charge in [0, 0.05) is 12.6 Å². The quantitative estimate of drug-likeness (QED) is 0.676. The lowest BCUT2D eigenvalue weighted by molar-refractivity contribution is 0.209. The molecule has 1 rings (SSSR count). The number of nitrogens with one attached hydrogen (secondary N) is 1. The van der Waals surface area contributed by atoms with Crippen molar-refractivity contribution in [3.8, 4) is 0 Å². The van der Waals surface area contributed by atoms with Crippen molar-refractivity contribution in [1.29, 1.82) is 0 Å². The SMILES string of the molecule is CCNCc1cc(CN(CCC(C)C)CCC(C)C)on1. The standard InChI is InChI=1S/C17H33N3O/c1-6-18-12-16-11-17(21-19-16)13-20(9-7-14(2)3)10-8-15(4)5/h11,14-15,18H,6-10,12-13H2,1-5H3. The Morgan fingerprint density at radius 3 is 2.29 bits per heavy atom. The maximum atomic E-state index is 5.47. The molecule has 0 aliphatic heterocycles. The summed E-state index contributed by atoms with van der Waals surface area (Å²) in [6.45, 7) is 16.1. The summed E-state index contributed by atoms with van der Waals surface area (Å²) >= 11 is 0. The molecule has 4 heteroatoms. The van der Waals surface area contributed by atoms with Gasteiger partial charge in [0.2, 0.25) is 0 Å². The van der Waals surface area contributed by atoms with E-state index in [9.17, 15) is 0 Å². The second kappa shape index (κ2) is 9.96. The van der Waals surface area contributed by atoms with Gasteiger partial charge in [-0.2, -0.15) is 0 Å². The van der Waals surface area contributed by atoms with Crippen LogP contribution in [0.1, 0.15) is 58.9 Å². The third-order valence-electron chi connectivity index (χ3n) is 3.59. The molecule has 0 fully saturated rings. The van der Waals surface area contributed by atoms with Gasteiger partial charge in [-0.3, -0.25) is 4.90 Å². The third-order valence-corrected chi connectivity index (χ3v) is 3.59. The van der Waals surface area contributed by atoms with Crippen molar-refractivity contribution in [2.24, 2.45) is 11.8 Å². The van der Waals surface area contributed by atoms with Crippen molar-refractivity contribution in [2.45, 2.75) is 60.5 Å². The Balaban J connectivity index is 2.50. The Kier molecular flexibility index (Phi) is 8.62. The first-order valence-corrected chi connectivity index (χ1v) is 8.38. The Morgan fingerprint density at radius 1 is 1.14 bits per heavy atom. The highest BCUT2D eigenvalue weighted by molar-refractivity contribution is 5.05. The van der Waals surface area contributed by atoms with E-state index in [0.717, 1.165) is 56.0 Å². The van der Waals surface area contributed by atoms with E-state index in [4.69, 9.17) is 4.52 Å². The molecule has 0 atom stereocenters. The average Bonchev–Trinajstić information content (AvgIpc) is 2.86. The molecule has 0 unspecified atom stereocenters. The van der Waals surface area contributed by atoms with Crippen LogP contribution in [0.2, 0.25) is 0 Å². The first kappa shape index (κ1) is 18.2. The molecule has 1 heterocycles. The molecule has 0 saturated carbocycles. The molecule has 0 spiro atoms. The molecule has 4 nitrogen and oxygen atoms in total. The minimum absolute atomic E-state index is 0.741. The van der Waals surface area contributed by atoms with Crippen molar-refractivity contribution in [1.82, 2.24) is 15.4 Å². The molecule has 21 heavy (non-hydrogen) atoms. The van der Waals surface area contributed by atoms with E-state index in [0.29, 0.717) is 0 Å². The Labute approximate surface area is 130 Å². The number of hydrogen-bond acceptors (Lipinski definition) is 4. The average molecular weight is 295 g/mol. The van der Waals surface area contributed by atoms with Crippen LogP contribution in [0.25, 0.3) is 0 Å². The molecule has 0 amide bonds. The monoisotopic (exact) mass is 295 g/mol. The van der Waals surface area contributed by atoms with Crippen LogP contribution in [0, 0.1) is 11.8 Å². The van der Waals surface area contributed by atoms with E-state index in [1.54, 1.807) is 0 Å². The summed E-state index contributed by atoms with van der Waals surface area (Å²) in [6.07, 6.45) is 2.47. The summed E-state index contributed by atoms with van der Waals surface area (Å²) in [4.78, 5) is 2.50. The summed E-state index contributed by atoms with van der Waals surface area (Å²) in [7, 11) is 0. The van der Waals surface area contributed by atoms with Crippen LogP contribution >= 0.6 is 0 Å². The van der Waals surface area contributed by atoms with E-state index in [1.807, 2.05) is 0 Å². The van der Waals surface area contributed by atoms with Crippen LogP contribution in [0.15, 0.2) is 10.6 Å². The fourth-order valence-corrected chi connectivity index (χ4v) is 2.14. The van der Waals surface area contributed by atoms with Crippen LogP contribution < -0.4 is 5.32 Å². The van der Waals surface area contributed by atoms with E-state index >= 15 is 0 Å². The summed E-state index contributed by atoms with van der Waals surface area (Å²) < 4.78 is 5.47. The zero-order valence-electron chi connectivity index (χ0n) is 14.5. The van der Waals surface area contributed by atoms with Gasteiger partial charge in [-0.25, -0.2) is 0 Å². The highest BCUT2D eigenvalue weighted by Crippen LogP contribution is 2.12. The van der Waals surface area contributed by atoms with Gasteiger partial charge in [0.1, 0.15) is 0 Å². The normalized spacial score (nSPS) is 12.0. The smallest absolute Gasteiger partial charge is 0.151 e. The van der Waals surface area contributed by atoms with Crippen molar-refractivity contribution < 1.29 is 4.52 Å². The fourth-order valence-electron chi connectivity index (χ4n) is 2.14. The van der Waals surface area contributed by atoms with Crippen LogP contribution in [0.3, 0.4) is 0 Å². The topological polar surface area (TPSA) is 41.3 Å². The van der Waals surface area contributed by atoms with Gasteiger partial charge < -0.3 is 9.84 Å². The largest absolute Gasteiger partial charge is 0.360 e. The minimum atomic E-state index is 0.741. The first-order valence-electron chi connectivity index (χ1n) is 8.38.